The number of ether oxygens (including phenoxy) is 3. The maximum Gasteiger partial charge on any atom is 0.318 e. The number of urea groups is 1. The van der Waals surface area contributed by atoms with Crippen LogP contribution < -0.4 is 24.8 Å². The molecule has 4 rings (SSSR count). The topological polar surface area (TPSA) is 89.1 Å². The largest absolute Gasteiger partial charge is 0.497 e. The molecule has 1 aliphatic heterocycles. The fraction of sp³-hybridized carbons (Fsp3) is 0.440. The molecule has 1 heterocycles. The number of hydrogen-bond donors (Lipinski definition) is 2. The molecule has 0 saturated heterocycles. The van der Waals surface area contributed by atoms with Gasteiger partial charge >= 0.3 is 6.03 Å². The fourth-order valence-corrected chi connectivity index (χ4v) is 4.20. The first-order valence-electron chi connectivity index (χ1n) is 11.2. The zero-order valence-corrected chi connectivity index (χ0v) is 19.5. The van der Waals surface area contributed by atoms with Gasteiger partial charge in [-0.25, -0.2) is 4.79 Å². The Morgan fingerprint density at radius 3 is 2.27 bits per heavy atom. The van der Waals surface area contributed by atoms with Crippen molar-refractivity contribution in [2.45, 2.75) is 44.3 Å². The van der Waals surface area contributed by atoms with Gasteiger partial charge in [0.05, 0.1) is 27.4 Å². The molecule has 2 aromatic rings. The van der Waals surface area contributed by atoms with E-state index in [0.717, 1.165) is 35.3 Å². The second kappa shape index (κ2) is 9.60. The van der Waals surface area contributed by atoms with Gasteiger partial charge in [0.15, 0.2) is 11.5 Å². The molecule has 8 nitrogen and oxygen atoms in total. The van der Waals surface area contributed by atoms with Crippen LogP contribution in [-0.4, -0.2) is 56.8 Å². The first kappa shape index (κ1) is 22.8. The number of fused-ring (bicyclic) bond motifs is 1. The van der Waals surface area contributed by atoms with Crippen molar-refractivity contribution in [3.05, 3.63) is 53.1 Å². The second-order valence-corrected chi connectivity index (χ2v) is 8.48. The lowest BCUT2D eigenvalue weighted by Crippen LogP contribution is -2.52. The van der Waals surface area contributed by atoms with E-state index >= 15 is 0 Å². The van der Waals surface area contributed by atoms with Crippen LogP contribution in [0.2, 0.25) is 0 Å². The summed E-state index contributed by atoms with van der Waals surface area (Å²) in [5, 5.41) is 5.83. The SMILES string of the molecule is COc1ccc(C2c3cc(OC)c(OC)cc3CCN2C(=O)NC(C)C(=O)NC2CC2)cc1. The second-order valence-electron chi connectivity index (χ2n) is 8.48. The van der Waals surface area contributed by atoms with Gasteiger partial charge in [-0.2, -0.15) is 0 Å². The lowest BCUT2D eigenvalue weighted by atomic mass is 9.87. The molecule has 2 N–H and O–H groups in total. The molecule has 0 radical (unpaired) electrons. The lowest BCUT2D eigenvalue weighted by molar-refractivity contribution is -0.122. The van der Waals surface area contributed by atoms with E-state index in [-0.39, 0.29) is 24.0 Å². The number of methoxy groups -OCH3 is 3. The van der Waals surface area contributed by atoms with Crippen LogP contribution in [0.15, 0.2) is 36.4 Å². The molecule has 0 spiro atoms. The van der Waals surface area contributed by atoms with Gasteiger partial charge in [0.2, 0.25) is 5.91 Å². The van der Waals surface area contributed by atoms with Crippen molar-refractivity contribution in [1.29, 1.82) is 0 Å². The van der Waals surface area contributed by atoms with Crippen molar-refractivity contribution in [2.24, 2.45) is 0 Å². The predicted molar refractivity (Wildman–Crippen MR) is 124 cm³/mol. The molecule has 8 heteroatoms. The molecule has 2 atom stereocenters. The minimum atomic E-state index is -0.624. The highest BCUT2D eigenvalue weighted by Gasteiger charge is 2.35. The van der Waals surface area contributed by atoms with E-state index in [1.54, 1.807) is 33.2 Å². The number of hydrogen-bond acceptors (Lipinski definition) is 5. The van der Waals surface area contributed by atoms with Crippen molar-refractivity contribution < 1.29 is 23.8 Å². The molecule has 1 fully saturated rings. The number of nitrogens with one attached hydrogen (secondary N) is 2. The van der Waals surface area contributed by atoms with Crippen molar-refractivity contribution in [3.8, 4) is 17.2 Å². The zero-order chi connectivity index (χ0) is 23.5. The number of rotatable bonds is 7. The van der Waals surface area contributed by atoms with Crippen LogP contribution in [0.5, 0.6) is 17.2 Å². The van der Waals surface area contributed by atoms with E-state index in [2.05, 4.69) is 10.6 Å². The summed E-state index contributed by atoms with van der Waals surface area (Å²) in [5.41, 5.74) is 3.00. The molecule has 1 saturated carbocycles. The Bertz CT molecular complexity index is 1020. The summed E-state index contributed by atoms with van der Waals surface area (Å²) >= 11 is 0. The van der Waals surface area contributed by atoms with Crippen LogP contribution in [0.3, 0.4) is 0 Å². The minimum Gasteiger partial charge on any atom is -0.497 e. The molecule has 33 heavy (non-hydrogen) atoms. The van der Waals surface area contributed by atoms with Crippen LogP contribution >= 0.6 is 0 Å². The maximum atomic E-state index is 13.4. The number of nitrogens with zero attached hydrogens (tertiary/aromatic N) is 1. The molecular weight excluding hydrogens is 422 g/mol. The molecular formula is C25H31N3O5. The molecule has 0 aromatic heterocycles. The average molecular weight is 454 g/mol. The normalized spacial score (nSPS) is 18.1. The Morgan fingerprint density at radius 1 is 1.00 bits per heavy atom. The molecule has 3 amide bonds. The summed E-state index contributed by atoms with van der Waals surface area (Å²) in [4.78, 5) is 27.5. The van der Waals surface area contributed by atoms with E-state index < -0.39 is 6.04 Å². The third-order valence-corrected chi connectivity index (χ3v) is 6.22. The van der Waals surface area contributed by atoms with Gasteiger partial charge in [-0.1, -0.05) is 12.1 Å². The Kier molecular flexibility index (Phi) is 6.62. The monoisotopic (exact) mass is 453 g/mol. The maximum absolute atomic E-state index is 13.4. The lowest BCUT2D eigenvalue weighted by Gasteiger charge is -2.38. The van der Waals surface area contributed by atoms with Crippen LogP contribution in [0.4, 0.5) is 4.79 Å². The number of amides is 3. The highest BCUT2D eigenvalue weighted by Crippen LogP contribution is 2.41. The molecule has 2 aliphatic rings. The van der Waals surface area contributed by atoms with Gasteiger partial charge in [-0.05, 0) is 67.1 Å². The number of carbonyl (C=O) groups excluding carboxylic acids is 2. The number of carbonyl (C=O) groups is 2. The highest BCUT2D eigenvalue weighted by atomic mass is 16.5. The van der Waals surface area contributed by atoms with Gasteiger partial charge in [-0.3, -0.25) is 4.79 Å². The zero-order valence-electron chi connectivity index (χ0n) is 19.5. The summed E-state index contributed by atoms with van der Waals surface area (Å²) in [5.74, 6) is 1.85. The summed E-state index contributed by atoms with van der Waals surface area (Å²) in [6.07, 6.45) is 2.67. The van der Waals surface area contributed by atoms with Gasteiger partial charge in [0, 0.05) is 12.6 Å². The van der Waals surface area contributed by atoms with E-state index in [1.165, 1.54) is 0 Å². The average Bonchev–Trinajstić information content (AvgIpc) is 3.66. The Morgan fingerprint density at radius 2 is 1.67 bits per heavy atom. The van der Waals surface area contributed by atoms with E-state index in [4.69, 9.17) is 14.2 Å². The third-order valence-electron chi connectivity index (χ3n) is 6.22. The fourth-order valence-electron chi connectivity index (χ4n) is 4.20. The van der Waals surface area contributed by atoms with E-state index in [0.29, 0.717) is 24.5 Å². The van der Waals surface area contributed by atoms with Gasteiger partial charge in [0.25, 0.3) is 0 Å². The van der Waals surface area contributed by atoms with E-state index in [1.807, 2.05) is 36.4 Å². The molecule has 176 valence electrons. The standard InChI is InChI=1S/C25H31N3O5/c1-15(24(29)27-18-7-8-18)26-25(30)28-12-11-17-13-21(32-3)22(33-4)14-20(17)23(28)16-5-9-19(31-2)10-6-16/h5-6,9-10,13-15,18,23H,7-8,11-12H2,1-4H3,(H,26,30)(H,27,29). The summed E-state index contributed by atoms with van der Waals surface area (Å²) in [6, 6.07) is 10.6. The Hall–Kier alpha value is -3.42. The summed E-state index contributed by atoms with van der Waals surface area (Å²) < 4.78 is 16.3. The van der Waals surface area contributed by atoms with E-state index in [9.17, 15) is 9.59 Å². The Labute approximate surface area is 194 Å². The third kappa shape index (κ3) is 4.84. The summed E-state index contributed by atoms with van der Waals surface area (Å²) in [7, 11) is 4.83. The predicted octanol–water partition coefficient (Wildman–Crippen LogP) is 3.04. The van der Waals surface area contributed by atoms with Gasteiger partial charge in [-0.15, -0.1) is 0 Å². The van der Waals surface area contributed by atoms with Crippen molar-refractivity contribution in [3.63, 3.8) is 0 Å². The van der Waals surface area contributed by atoms with Crippen molar-refractivity contribution >= 4 is 11.9 Å². The van der Waals surface area contributed by atoms with Crippen molar-refractivity contribution in [2.75, 3.05) is 27.9 Å². The van der Waals surface area contributed by atoms with Crippen LogP contribution in [0.1, 0.15) is 42.5 Å². The van der Waals surface area contributed by atoms with Crippen LogP contribution in [0, 0.1) is 0 Å². The van der Waals surface area contributed by atoms with Gasteiger partial charge in [0.1, 0.15) is 11.8 Å². The van der Waals surface area contributed by atoms with Crippen LogP contribution in [0.25, 0.3) is 0 Å². The first-order chi connectivity index (χ1) is 15.9. The first-order valence-corrected chi connectivity index (χ1v) is 11.2. The van der Waals surface area contributed by atoms with Crippen LogP contribution in [-0.2, 0) is 11.2 Å². The quantitative estimate of drug-likeness (QED) is 0.673. The minimum absolute atomic E-state index is 0.157. The molecule has 2 unspecified atom stereocenters. The molecule has 1 aliphatic carbocycles. The number of benzene rings is 2. The smallest absolute Gasteiger partial charge is 0.318 e. The highest BCUT2D eigenvalue weighted by molar-refractivity contribution is 5.87. The van der Waals surface area contributed by atoms with Gasteiger partial charge < -0.3 is 29.7 Å². The van der Waals surface area contributed by atoms with Crippen molar-refractivity contribution in [1.82, 2.24) is 15.5 Å². The summed E-state index contributed by atoms with van der Waals surface area (Å²) in [6.45, 7) is 2.21. The molecule has 0 bridgehead atoms. The molecule has 2 aromatic carbocycles. The Balaban J connectivity index is 1.66.